The molecule has 3 aromatic rings. The van der Waals surface area contributed by atoms with Crippen LogP contribution in [0.4, 0.5) is 0 Å². The maximum Gasteiger partial charge on any atom is 0.231 e. The number of aromatic nitrogens is 1. The highest BCUT2D eigenvalue weighted by Crippen LogP contribution is 2.40. The van der Waals surface area contributed by atoms with Crippen molar-refractivity contribution in [2.75, 3.05) is 19.9 Å². The van der Waals surface area contributed by atoms with E-state index in [1.165, 1.54) is 16.5 Å². The average molecular weight is 419 g/mol. The maximum atomic E-state index is 13.4. The normalized spacial score (nSPS) is 17.3. The molecule has 5 nitrogen and oxygen atoms in total. The second-order valence-electron chi connectivity index (χ2n) is 8.82. The second kappa shape index (κ2) is 8.29. The number of amides is 1. The van der Waals surface area contributed by atoms with E-state index < -0.39 is 0 Å². The van der Waals surface area contributed by atoms with Crippen LogP contribution in [-0.2, 0) is 11.3 Å². The molecule has 2 aliphatic rings. The third-order valence-corrected chi connectivity index (χ3v) is 6.85. The fourth-order valence-corrected chi connectivity index (χ4v) is 4.91. The van der Waals surface area contributed by atoms with Gasteiger partial charge < -0.3 is 18.9 Å². The van der Waals surface area contributed by atoms with E-state index in [2.05, 4.69) is 65.9 Å². The molecule has 0 bridgehead atoms. The van der Waals surface area contributed by atoms with Gasteiger partial charge in [-0.2, -0.15) is 0 Å². The molecule has 5 rings (SSSR count). The summed E-state index contributed by atoms with van der Waals surface area (Å²) in [6.45, 7) is 7.31. The van der Waals surface area contributed by atoms with Crippen molar-refractivity contribution in [1.82, 2.24) is 9.47 Å². The third-order valence-electron chi connectivity index (χ3n) is 6.85. The molecular weight excluding hydrogens is 388 g/mol. The number of hydrogen-bond acceptors (Lipinski definition) is 3. The highest BCUT2D eigenvalue weighted by Gasteiger charge is 2.28. The molecule has 2 aromatic carbocycles. The summed E-state index contributed by atoms with van der Waals surface area (Å²) in [5.74, 6) is 2.45. The predicted molar refractivity (Wildman–Crippen MR) is 122 cm³/mol. The van der Waals surface area contributed by atoms with Crippen molar-refractivity contribution < 1.29 is 14.3 Å². The molecule has 0 N–H and O–H groups in total. The van der Waals surface area contributed by atoms with E-state index in [4.69, 9.17) is 9.47 Å². The number of nitrogens with zero attached hydrogens (tertiary/aromatic N) is 2. The van der Waals surface area contributed by atoms with Gasteiger partial charge in [0.1, 0.15) is 0 Å². The minimum atomic E-state index is -0.0287. The Morgan fingerprint density at radius 1 is 1.10 bits per heavy atom. The third kappa shape index (κ3) is 3.78. The molecule has 5 heteroatoms. The molecule has 162 valence electrons. The summed E-state index contributed by atoms with van der Waals surface area (Å²) in [6.07, 6.45) is 4.88. The lowest BCUT2D eigenvalue weighted by molar-refractivity contribution is -0.132. The van der Waals surface area contributed by atoms with Crippen LogP contribution in [0.2, 0.25) is 0 Å². The molecule has 1 atom stereocenters. The number of rotatable bonds is 5. The van der Waals surface area contributed by atoms with Crippen LogP contribution in [0.15, 0.2) is 48.7 Å². The van der Waals surface area contributed by atoms with Crippen LogP contribution >= 0.6 is 0 Å². The topological polar surface area (TPSA) is 43.7 Å². The SMILES string of the molecule is CCn1cc(C(CC(=O)N2CCC(C)CC2)c2ccc3c(c2)OCO3)c2ccccc21. The summed E-state index contributed by atoms with van der Waals surface area (Å²) >= 11 is 0. The number of carbonyl (C=O) groups is 1. The van der Waals surface area contributed by atoms with Crippen molar-refractivity contribution in [3.8, 4) is 11.5 Å². The number of para-hydroxylation sites is 1. The zero-order valence-corrected chi connectivity index (χ0v) is 18.3. The van der Waals surface area contributed by atoms with Crippen LogP contribution in [0.5, 0.6) is 11.5 Å². The smallest absolute Gasteiger partial charge is 0.231 e. The first-order valence-electron chi connectivity index (χ1n) is 11.4. The van der Waals surface area contributed by atoms with E-state index in [0.29, 0.717) is 12.3 Å². The molecule has 3 heterocycles. The van der Waals surface area contributed by atoms with Gasteiger partial charge in [-0.3, -0.25) is 4.79 Å². The quantitative estimate of drug-likeness (QED) is 0.574. The van der Waals surface area contributed by atoms with Crippen molar-refractivity contribution >= 4 is 16.8 Å². The van der Waals surface area contributed by atoms with E-state index in [-0.39, 0.29) is 18.6 Å². The number of aryl methyl sites for hydroxylation is 1. The average Bonchev–Trinajstić information content (AvgIpc) is 3.42. The lowest BCUT2D eigenvalue weighted by Gasteiger charge is -2.31. The van der Waals surface area contributed by atoms with Crippen LogP contribution < -0.4 is 9.47 Å². The largest absolute Gasteiger partial charge is 0.454 e. The van der Waals surface area contributed by atoms with Crippen molar-refractivity contribution in [3.63, 3.8) is 0 Å². The second-order valence-corrected chi connectivity index (χ2v) is 8.82. The predicted octanol–water partition coefficient (Wildman–Crippen LogP) is 5.17. The van der Waals surface area contributed by atoms with Crippen molar-refractivity contribution in [1.29, 1.82) is 0 Å². The van der Waals surface area contributed by atoms with Crippen LogP contribution in [0.3, 0.4) is 0 Å². The lowest BCUT2D eigenvalue weighted by atomic mass is 9.87. The van der Waals surface area contributed by atoms with Gasteiger partial charge in [0.15, 0.2) is 11.5 Å². The molecule has 1 fully saturated rings. The van der Waals surface area contributed by atoms with Gasteiger partial charge in [-0.05, 0) is 55.0 Å². The molecule has 0 saturated carbocycles. The number of benzene rings is 2. The number of ether oxygens (including phenoxy) is 2. The molecule has 0 radical (unpaired) electrons. The minimum Gasteiger partial charge on any atom is -0.454 e. The van der Waals surface area contributed by atoms with Crippen molar-refractivity contribution in [2.45, 2.75) is 45.6 Å². The van der Waals surface area contributed by atoms with Crippen LogP contribution in [0.25, 0.3) is 10.9 Å². The summed E-state index contributed by atoms with van der Waals surface area (Å²) in [7, 11) is 0. The summed E-state index contributed by atoms with van der Waals surface area (Å²) < 4.78 is 13.4. The first-order chi connectivity index (χ1) is 15.1. The van der Waals surface area contributed by atoms with Gasteiger partial charge in [0.05, 0.1) is 0 Å². The number of likely N-dealkylation sites (tertiary alicyclic amines) is 1. The number of fused-ring (bicyclic) bond motifs is 2. The molecule has 31 heavy (non-hydrogen) atoms. The van der Waals surface area contributed by atoms with Gasteiger partial charge in [-0.15, -0.1) is 0 Å². The molecule has 1 aromatic heterocycles. The molecule has 1 unspecified atom stereocenters. The fourth-order valence-electron chi connectivity index (χ4n) is 4.91. The van der Waals surface area contributed by atoms with Crippen LogP contribution in [0.1, 0.15) is 50.2 Å². The Morgan fingerprint density at radius 3 is 2.68 bits per heavy atom. The summed E-state index contributed by atoms with van der Waals surface area (Å²) in [4.78, 5) is 15.4. The standard InChI is InChI=1S/C26H30N2O3/c1-3-27-16-22(20-6-4-5-7-23(20)27)21(15-26(29)28-12-10-18(2)11-13-28)19-8-9-24-25(14-19)31-17-30-24/h4-9,14,16,18,21H,3,10-13,15,17H2,1-2H3. The van der Waals surface area contributed by atoms with Crippen molar-refractivity contribution in [2.24, 2.45) is 5.92 Å². The van der Waals surface area contributed by atoms with E-state index >= 15 is 0 Å². The van der Waals surface area contributed by atoms with Gasteiger partial charge in [0.25, 0.3) is 0 Å². The maximum absolute atomic E-state index is 13.4. The Hall–Kier alpha value is -2.95. The van der Waals surface area contributed by atoms with Crippen LogP contribution in [-0.4, -0.2) is 35.3 Å². The van der Waals surface area contributed by atoms with E-state index in [0.717, 1.165) is 49.5 Å². The fraction of sp³-hybridized carbons (Fsp3) is 0.423. The number of carbonyl (C=O) groups excluding carboxylic acids is 1. The Balaban J connectivity index is 1.54. The van der Waals surface area contributed by atoms with Gasteiger partial charge in [-0.25, -0.2) is 0 Å². The van der Waals surface area contributed by atoms with Gasteiger partial charge >= 0.3 is 0 Å². The van der Waals surface area contributed by atoms with Crippen LogP contribution in [0, 0.1) is 5.92 Å². The van der Waals surface area contributed by atoms with Gasteiger partial charge in [0.2, 0.25) is 12.7 Å². The molecule has 0 aliphatic carbocycles. The summed E-state index contributed by atoms with van der Waals surface area (Å²) in [5, 5.41) is 1.21. The summed E-state index contributed by atoms with van der Waals surface area (Å²) in [5.41, 5.74) is 3.52. The Bertz CT molecular complexity index is 1100. The molecule has 2 aliphatic heterocycles. The Labute approximate surface area is 183 Å². The zero-order chi connectivity index (χ0) is 21.4. The molecule has 0 spiro atoms. The minimum absolute atomic E-state index is 0.0287. The van der Waals surface area contributed by atoms with E-state index in [1.54, 1.807) is 0 Å². The van der Waals surface area contributed by atoms with Crippen molar-refractivity contribution in [3.05, 3.63) is 59.8 Å². The molecular formula is C26H30N2O3. The van der Waals surface area contributed by atoms with E-state index in [9.17, 15) is 4.79 Å². The number of hydrogen-bond donors (Lipinski definition) is 0. The Morgan fingerprint density at radius 2 is 1.87 bits per heavy atom. The summed E-state index contributed by atoms with van der Waals surface area (Å²) in [6, 6.07) is 14.6. The Kier molecular flexibility index (Phi) is 5.34. The first kappa shape index (κ1) is 20.0. The highest BCUT2D eigenvalue weighted by molar-refractivity contribution is 5.87. The molecule has 1 amide bonds. The number of piperidine rings is 1. The lowest BCUT2D eigenvalue weighted by Crippen LogP contribution is -2.38. The van der Waals surface area contributed by atoms with Gasteiger partial charge in [0, 0.05) is 49.1 Å². The van der Waals surface area contributed by atoms with E-state index in [1.807, 2.05) is 6.07 Å². The zero-order valence-electron chi connectivity index (χ0n) is 18.3. The monoisotopic (exact) mass is 418 g/mol. The first-order valence-corrected chi connectivity index (χ1v) is 11.4. The molecule has 1 saturated heterocycles. The van der Waals surface area contributed by atoms with Gasteiger partial charge in [-0.1, -0.05) is 31.2 Å². The highest BCUT2D eigenvalue weighted by atomic mass is 16.7.